The zero-order valence-corrected chi connectivity index (χ0v) is 15.3. The lowest BCUT2D eigenvalue weighted by molar-refractivity contribution is -0.129. The molecule has 2 aromatic rings. The maximum atomic E-state index is 12.3. The summed E-state index contributed by atoms with van der Waals surface area (Å²) in [6.45, 7) is 1.69. The highest BCUT2D eigenvalue weighted by molar-refractivity contribution is 5.89. The first kappa shape index (κ1) is 17.6. The van der Waals surface area contributed by atoms with E-state index in [2.05, 4.69) is 17.4 Å². The van der Waals surface area contributed by atoms with Gasteiger partial charge in [0.1, 0.15) is 18.1 Å². The van der Waals surface area contributed by atoms with Gasteiger partial charge in [0, 0.05) is 13.0 Å². The number of aryl methyl sites for hydroxylation is 2. The van der Waals surface area contributed by atoms with Crippen LogP contribution in [0.4, 0.5) is 0 Å². The number of carbonyl (C=O) groups excluding carboxylic acids is 2. The van der Waals surface area contributed by atoms with Gasteiger partial charge in [0.25, 0.3) is 0 Å². The highest BCUT2D eigenvalue weighted by Gasteiger charge is 2.34. The molecular formula is C21H24N2O4. The third-order valence-electron chi connectivity index (χ3n) is 5.25. The quantitative estimate of drug-likeness (QED) is 0.762. The molecule has 0 unspecified atom stereocenters. The zero-order chi connectivity index (χ0) is 18.6. The predicted octanol–water partition coefficient (Wildman–Crippen LogP) is 2.31. The smallest absolute Gasteiger partial charge is 0.225 e. The van der Waals surface area contributed by atoms with E-state index < -0.39 is 0 Å². The molecule has 1 aliphatic carbocycles. The van der Waals surface area contributed by atoms with E-state index in [1.54, 1.807) is 17.2 Å². The number of carbonyl (C=O) groups is 2. The van der Waals surface area contributed by atoms with Gasteiger partial charge >= 0.3 is 0 Å². The number of likely N-dealkylation sites (tertiary alicyclic amines) is 1. The van der Waals surface area contributed by atoms with Crippen LogP contribution in [0.25, 0.3) is 0 Å². The van der Waals surface area contributed by atoms with Crippen LogP contribution < -0.4 is 10.1 Å². The average molecular weight is 368 g/mol. The van der Waals surface area contributed by atoms with E-state index in [1.165, 1.54) is 17.5 Å². The van der Waals surface area contributed by atoms with Gasteiger partial charge < -0.3 is 19.4 Å². The van der Waals surface area contributed by atoms with E-state index in [4.69, 9.17) is 9.15 Å². The Morgan fingerprint density at radius 1 is 1.26 bits per heavy atom. The number of furan rings is 1. The fraction of sp³-hybridized carbons (Fsp3) is 0.429. The van der Waals surface area contributed by atoms with Crippen molar-refractivity contribution in [3.8, 4) is 5.75 Å². The molecule has 2 amide bonds. The van der Waals surface area contributed by atoms with Gasteiger partial charge in [0.05, 0.1) is 25.3 Å². The van der Waals surface area contributed by atoms with E-state index in [1.807, 2.05) is 12.1 Å². The molecule has 2 heterocycles. The Hall–Kier alpha value is -2.76. The summed E-state index contributed by atoms with van der Waals surface area (Å²) in [6, 6.07) is 9.85. The molecule has 27 heavy (non-hydrogen) atoms. The van der Waals surface area contributed by atoms with Crippen LogP contribution in [0.3, 0.4) is 0 Å². The van der Waals surface area contributed by atoms with Crippen molar-refractivity contribution in [3.63, 3.8) is 0 Å². The van der Waals surface area contributed by atoms with Gasteiger partial charge in [-0.1, -0.05) is 6.07 Å². The zero-order valence-electron chi connectivity index (χ0n) is 15.3. The Kier molecular flexibility index (Phi) is 5.14. The lowest BCUT2D eigenvalue weighted by Crippen LogP contribution is -2.35. The number of fused-ring (bicyclic) bond motifs is 1. The number of rotatable bonds is 7. The third kappa shape index (κ3) is 4.15. The van der Waals surface area contributed by atoms with Crippen molar-refractivity contribution >= 4 is 11.8 Å². The van der Waals surface area contributed by atoms with Crippen molar-refractivity contribution in [2.75, 3.05) is 19.7 Å². The molecular weight excluding hydrogens is 344 g/mol. The van der Waals surface area contributed by atoms with Crippen LogP contribution in [0.1, 0.15) is 29.7 Å². The first-order chi connectivity index (χ1) is 13.2. The molecule has 2 aliphatic rings. The summed E-state index contributed by atoms with van der Waals surface area (Å²) in [5, 5.41) is 2.88. The highest BCUT2D eigenvalue weighted by Crippen LogP contribution is 2.26. The maximum Gasteiger partial charge on any atom is 0.225 e. The van der Waals surface area contributed by atoms with Crippen molar-refractivity contribution in [2.45, 2.75) is 32.2 Å². The lowest BCUT2D eigenvalue weighted by atomic mass is 10.1. The van der Waals surface area contributed by atoms with Crippen molar-refractivity contribution in [2.24, 2.45) is 5.92 Å². The van der Waals surface area contributed by atoms with Crippen molar-refractivity contribution < 1.29 is 18.7 Å². The monoisotopic (exact) mass is 368 g/mol. The molecule has 0 radical (unpaired) electrons. The van der Waals surface area contributed by atoms with Gasteiger partial charge in [-0.15, -0.1) is 0 Å². The molecule has 0 spiro atoms. The van der Waals surface area contributed by atoms with Crippen molar-refractivity contribution in [3.05, 3.63) is 53.5 Å². The van der Waals surface area contributed by atoms with Gasteiger partial charge in [0.15, 0.2) is 0 Å². The lowest BCUT2D eigenvalue weighted by Gasteiger charge is -2.15. The Bertz CT molecular complexity index is 816. The molecule has 1 N–H and O–H groups in total. The van der Waals surface area contributed by atoms with E-state index in [0.717, 1.165) is 24.4 Å². The molecule has 0 bridgehead atoms. The normalized spacial score (nSPS) is 18.6. The predicted molar refractivity (Wildman–Crippen MR) is 99.2 cm³/mol. The topological polar surface area (TPSA) is 71.8 Å². The van der Waals surface area contributed by atoms with Crippen LogP contribution in [-0.4, -0.2) is 36.4 Å². The second-order valence-corrected chi connectivity index (χ2v) is 7.18. The summed E-state index contributed by atoms with van der Waals surface area (Å²) >= 11 is 0. The molecule has 6 nitrogen and oxygen atoms in total. The largest absolute Gasteiger partial charge is 0.492 e. The average Bonchev–Trinajstić information content (AvgIpc) is 3.40. The minimum Gasteiger partial charge on any atom is -0.492 e. The molecule has 1 aliphatic heterocycles. The van der Waals surface area contributed by atoms with Crippen LogP contribution >= 0.6 is 0 Å². The number of hydrogen-bond donors (Lipinski definition) is 1. The number of benzene rings is 1. The third-order valence-corrected chi connectivity index (χ3v) is 5.25. The minimum absolute atomic E-state index is 0.0130. The Labute approximate surface area is 158 Å². The van der Waals surface area contributed by atoms with Crippen LogP contribution in [0.5, 0.6) is 5.75 Å². The Morgan fingerprint density at radius 2 is 2.15 bits per heavy atom. The molecule has 142 valence electrons. The molecule has 6 heteroatoms. The van der Waals surface area contributed by atoms with Gasteiger partial charge in [-0.05, 0) is 54.7 Å². The van der Waals surface area contributed by atoms with Crippen LogP contribution in [0.15, 0.2) is 41.0 Å². The fourth-order valence-electron chi connectivity index (χ4n) is 3.82. The summed E-state index contributed by atoms with van der Waals surface area (Å²) in [5.41, 5.74) is 2.79. The summed E-state index contributed by atoms with van der Waals surface area (Å²) < 4.78 is 11.0. The molecule has 1 atom stereocenters. The summed E-state index contributed by atoms with van der Waals surface area (Å²) in [6.07, 6.45) is 5.32. The molecule has 4 rings (SSSR count). The van der Waals surface area contributed by atoms with E-state index in [0.29, 0.717) is 26.2 Å². The first-order valence-electron chi connectivity index (χ1n) is 9.51. The van der Waals surface area contributed by atoms with Crippen molar-refractivity contribution in [1.29, 1.82) is 0 Å². The van der Waals surface area contributed by atoms with E-state index >= 15 is 0 Å². The van der Waals surface area contributed by atoms with E-state index in [9.17, 15) is 9.59 Å². The van der Waals surface area contributed by atoms with E-state index in [-0.39, 0.29) is 24.2 Å². The molecule has 1 saturated heterocycles. The second-order valence-electron chi connectivity index (χ2n) is 7.18. The number of amides is 2. The van der Waals surface area contributed by atoms with Gasteiger partial charge in [0.2, 0.25) is 11.8 Å². The van der Waals surface area contributed by atoms with Gasteiger partial charge in [-0.3, -0.25) is 9.59 Å². The summed E-state index contributed by atoms with van der Waals surface area (Å²) in [4.78, 5) is 26.1. The molecule has 0 saturated carbocycles. The fourth-order valence-corrected chi connectivity index (χ4v) is 3.82. The second kappa shape index (κ2) is 7.86. The number of nitrogens with zero attached hydrogens (tertiary/aromatic N) is 1. The van der Waals surface area contributed by atoms with Crippen LogP contribution in [0.2, 0.25) is 0 Å². The Morgan fingerprint density at radius 3 is 3.00 bits per heavy atom. The first-order valence-corrected chi connectivity index (χ1v) is 9.51. The minimum atomic E-state index is -0.313. The number of nitrogens with one attached hydrogen (secondary N) is 1. The number of hydrogen-bond acceptors (Lipinski definition) is 4. The summed E-state index contributed by atoms with van der Waals surface area (Å²) in [5.74, 6) is 1.16. The standard InChI is InChI=1S/C21H24N2O4/c24-20-12-17(13-23(20)14-19-5-2-9-26-19)21(25)22-8-10-27-18-7-6-15-3-1-4-16(15)11-18/h2,5-7,9,11,17H,1,3-4,8,10,12-14H2,(H,22,25)/t17-/m0/s1. The van der Waals surface area contributed by atoms with Gasteiger partial charge in [-0.25, -0.2) is 0 Å². The Balaban J connectivity index is 1.20. The molecule has 1 aromatic heterocycles. The van der Waals surface area contributed by atoms with Crippen LogP contribution in [-0.2, 0) is 29.0 Å². The van der Waals surface area contributed by atoms with Gasteiger partial charge in [-0.2, -0.15) is 0 Å². The van der Waals surface area contributed by atoms with Crippen molar-refractivity contribution in [1.82, 2.24) is 10.2 Å². The highest BCUT2D eigenvalue weighted by atomic mass is 16.5. The summed E-state index contributed by atoms with van der Waals surface area (Å²) in [7, 11) is 0. The molecule has 1 aromatic carbocycles. The SMILES string of the molecule is O=C(NCCOc1ccc2c(c1)CCC2)[C@H]1CC(=O)N(Cc2ccco2)C1. The number of ether oxygens (including phenoxy) is 1. The maximum absolute atomic E-state index is 12.3. The molecule has 1 fully saturated rings. The van der Waals surface area contributed by atoms with Crippen LogP contribution in [0, 0.1) is 5.92 Å².